The van der Waals surface area contributed by atoms with Crippen LogP contribution in [0.1, 0.15) is 30.0 Å². The Labute approximate surface area is 205 Å². The summed E-state index contributed by atoms with van der Waals surface area (Å²) in [4.78, 5) is 16.5. The number of aromatic amines is 1. The molecule has 0 unspecified atom stereocenters. The Morgan fingerprint density at radius 2 is 1.94 bits per heavy atom. The summed E-state index contributed by atoms with van der Waals surface area (Å²) in [6, 6.07) is 10.5. The number of nitrogens with one attached hydrogen (secondary N) is 1. The second-order valence-electron chi connectivity index (χ2n) is 8.67. The maximum absolute atomic E-state index is 6.72. The molecule has 1 saturated heterocycles. The molecule has 0 saturated carbocycles. The van der Waals surface area contributed by atoms with Crippen molar-refractivity contribution in [3.05, 3.63) is 64.0 Å². The van der Waals surface area contributed by atoms with Crippen molar-refractivity contribution in [3.8, 4) is 0 Å². The molecule has 1 aliphatic heterocycles. The van der Waals surface area contributed by atoms with Crippen molar-refractivity contribution >= 4 is 51.9 Å². The molecule has 1 spiro atoms. The Hall–Kier alpha value is -2.39. The smallest absolute Gasteiger partial charge is 0.177 e. The predicted molar refractivity (Wildman–Crippen MR) is 131 cm³/mol. The first-order valence-corrected chi connectivity index (χ1v) is 12.4. The lowest BCUT2D eigenvalue weighted by Crippen LogP contribution is -2.44. The SMILES string of the molecule is N[C@H]1c2ccccc2CC12CCN(c1cnc3c(Sc4ccnc(Cl)c4Cl)n[nH]c3n1)CC2. The first-order chi connectivity index (χ1) is 16.0. The molecule has 4 heterocycles. The maximum atomic E-state index is 6.72. The summed E-state index contributed by atoms with van der Waals surface area (Å²) >= 11 is 13.7. The van der Waals surface area contributed by atoms with Crippen LogP contribution >= 0.6 is 35.0 Å². The van der Waals surface area contributed by atoms with Gasteiger partial charge in [-0.15, -0.1) is 0 Å². The van der Waals surface area contributed by atoms with Crippen molar-refractivity contribution in [2.75, 3.05) is 18.0 Å². The first-order valence-electron chi connectivity index (χ1n) is 10.8. The third-order valence-corrected chi connectivity index (χ3v) is 8.84. The molecular formula is C23H21Cl2N7S. The lowest BCUT2D eigenvalue weighted by molar-refractivity contribution is 0.187. The standard InChI is InChI=1S/C23H21Cl2N7S/c24-17-15(5-8-27-20(17)25)33-22-18-21(30-31-22)29-16(12-28-18)32-9-6-23(7-10-32)11-13-3-1-2-4-14(13)19(23)26/h1-5,8,12,19H,6-7,9-11,26H2,(H,29,30,31)/t19-/m0/s1. The number of pyridine rings is 1. The summed E-state index contributed by atoms with van der Waals surface area (Å²) in [5.74, 6) is 0.853. The van der Waals surface area contributed by atoms with Gasteiger partial charge in [0.15, 0.2) is 10.7 Å². The highest BCUT2D eigenvalue weighted by Gasteiger charge is 2.45. The van der Waals surface area contributed by atoms with Crippen LogP contribution in [0, 0.1) is 5.41 Å². The Morgan fingerprint density at radius 3 is 2.76 bits per heavy atom. The third kappa shape index (κ3) is 3.56. The zero-order chi connectivity index (χ0) is 22.6. The zero-order valence-corrected chi connectivity index (χ0v) is 20.0. The molecule has 3 N–H and O–H groups in total. The molecule has 7 nitrogen and oxygen atoms in total. The predicted octanol–water partition coefficient (Wildman–Crippen LogP) is 5.05. The van der Waals surface area contributed by atoms with Crippen molar-refractivity contribution < 1.29 is 0 Å². The summed E-state index contributed by atoms with van der Waals surface area (Å²) in [6.07, 6.45) is 6.57. The summed E-state index contributed by atoms with van der Waals surface area (Å²) in [6.45, 7) is 1.81. The molecule has 2 aliphatic rings. The van der Waals surface area contributed by atoms with Crippen LogP contribution in [0.2, 0.25) is 10.2 Å². The molecule has 0 bridgehead atoms. The van der Waals surface area contributed by atoms with Crippen LogP contribution in [0.25, 0.3) is 11.2 Å². The lowest BCUT2D eigenvalue weighted by Gasteiger charge is -2.42. The fourth-order valence-electron chi connectivity index (χ4n) is 5.07. The lowest BCUT2D eigenvalue weighted by atomic mass is 9.73. The average molecular weight is 498 g/mol. The van der Waals surface area contributed by atoms with Crippen molar-refractivity contribution in [2.45, 2.75) is 35.2 Å². The van der Waals surface area contributed by atoms with E-state index in [-0.39, 0.29) is 16.6 Å². The number of halogens is 2. The van der Waals surface area contributed by atoms with Gasteiger partial charge in [0.1, 0.15) is 16.5 Å². The van der Waals surface area contributed by atoms with Crippen LogP contribution in [0.15, 0.2) is 52.6 Å². The molecule has 0 amide bonds. The van der Waals surface area contributed by atoms with Gasteiger partial charge < -0.3 is 10.6 Å². The molecular weight excluding hydrogens is 477 g/mol. The van der Waals surface area contributed by atoms with Crippen LogP contribution < -0.4 is 10.6 Å². The highest BCUT2D eigenvalue weighted by atomic mass is 35.5. The Kier molecular flexibility index (Phi) is 5.21. The van der Waals surface area contributed by atoms with E-state index in [2.05, 4.69) is 49.3 Å². The van der Waals surface area contributed by atoms with E-state index in [0.29, 0.717) is 21.2 Å². The minimum atomic E-state index is 0.102. The summed E-state index contributed by atoms with van der Waals surface area (Å²) in [5, 5.41) is 8.76. The Balaban J connectivity index is 1.20. The highest BCUT2D eigenvalue weighted by molar-refractivity contribution is 7.99. The number of hydrogen-bond donors (Lipinski definition) is 2. The van der Waals surface area contributed by atoms with E-state index in [1.807, 2.05) is 6.20 Å². The number of nitrogens with two attached hydrogens (primary N) is 1. The molecule has 1 atom stereocenters. The minimum Gasteiger partial charge on any atom is -0.355 e. The van der Waals surface area contributed by atoms with E-state index in [9.17, 15) is 0 Å². The molecule has 10 heteroatoms. The van der Waals surface area contributed by atoms with E-state index in [1.165, 1.54) is 22.9 Å². The Morgan fingerprint density at radius 1 is 1.12 bits per heavy atom. The van der Waals surface area contributed by atoms with Gasteiger partial charge in [0.25, 0.3) is 0 Å². The number of anilines is 1. The van der Waals surface area contributed by atoms with Gasteiger partial charge >= 0.3 is 0 Å². The number of aromatic nitrogens is 5. The average Bonchev–Trinajstić information content (AvgIpc) is 3.36. The van der Waals surface area contributed by atoms with Gasteiger partial charge in [0.2, 0.25) is 0 Å². The number of piperidine rings is 1. The van der Waals surface area contributed by atoms with E-state index < -0.39 is 0 Å². The molecule has 1 fully saturated rings. The topological polar surface area (TPSA) is 96.6 Å². The fourth-order valence-corrected chi connectivity index (χ4v) is 6.37. The normalized spacial score (nSPS) is 19.4. The summed E-state index contributed by atoms with van der Waals surface area (Å²) in [5.41, 5.74) is 10.9. The number of hydrogen-bond acceptors (Lipinski definition) is 7. The Bertz CT molecular complexity index is 1350. The van der Waals surface area contributed by atoms with Crippen LogP contribution in [-0.2, 0) is 6.42 Å². The number of fused-ring (bicyclic) bond motifs is 2. The van der Waals surface area contributed by atoms with Crippen molar-refractivity contribution in [2.24, 2.45) is 11.1 Å². The van der Waals surface area contributed by atoms with E-state index in [1.54, 1.807) is 12.3 Å². The zero-order valence-electron chi connectivity index (χ0n) is 17.6. The molecule has 3 aromatic heterocycles. The molecule has 4 aromatic rings. The number of benzene rings is 1. The molecule has 168 valence electrons. The summed E-state index contributed by atoms with van der Waals surface area (Å²) in [7, 11) is 0. The van der Waals surface area contributed by atoms with Crippen molar-refractivity contribution in [1.82, 2.24) is 25.1 Å². The number of nitrogens with zero attached hydrogens (tertiary/aromatic N) is 5. The monoisotopic (exact) mass is 497 g/mol. The quantitative estimate of drug-likeness (QED) is 0.382. The van der Waals surface area contributed by atoms with E-state index in [0.717, 1.165) is 43.1 Å². The van der Waals surface area contributed by atoms with Gasteiger partial charge in [-0.05, 0) is 41.9 Å². The van der Waals surface area contributed by atoms with E-state index >= 15 is 0 Å². The van der Waals surface area contributed by atoms with Gasteiger partial charge in [-0.1, -0.05) is 59.2 Å². The van der Waals surface area contributed by atoms with Gasteiger partial charge in [0.05, 0.1) is 11.2 Å². The van der Waals surface area contributed by atoms with Crippen LogP contribution in [0.5, 0.6) is 0 Å². The van der Waals surface area contributed by atoms with Gasteiger partial charge in [-0.2, -0.15) is 5.10 Å². The third-order valence-electron chi connectivity index (χ3n) is 6.92. The maximum Gasteiger partial charge on any atom is 0.177 e. The number of rotatable bonds is 3. The molecule has 33 heavy (non-hydrogen) atoms. The molecule has 1 aliphatic carbocycles. The number of H-pyrrole nitrogens is 1. The van der Waals surface area contributed by atoms with Crippen molar-refractivity contribution in [3.63, 3.8) is 0 Å². The van der Waals surface area contributed by atoms with Crippen LogP contribution in [0.3, 0.4) is 0 Å². The highest BCUT2D eigenvalue weighted by Crippen LogP contribution is 2.51. The first kappa shape index (κ1) is 21.2. The van der Waals surface area contributed by atoms with Gasteiger partial charge in [-0.25, -0.2) is 15.0 Å². The molecule has 0 radical (unpaired) electrons. The van der Waals surface area contributed by atoms with Crippen molar-refractivity contribution in [1.29, 1.82) is 0 Å². The largest absolute Gasteiger partial charge is 0.355 e. The molecule has 6 rings (SSSR count). The second-order valence-corrected chi connectivity index (χ2v) is 10.4. The van der Waals surface area contributed by atoms with Gasteiger partial charge in [0, 0.05) is 30.2 Å². The second kappa shape index (κ2) is 8.13. The van der Waals surface area contributed by atoms with Crippen LogP contribution in [-0.4, -0.2) is 38.2 Å². The van der Waals surface area contributed by atoms with Gasteiger partial charge in [-0.3, -0.25) is 5.10 Å². The summed E-state index contributed by atoms with van der Waals surface area (Å²) < 4.78 is 0. The van der Waals surface area contributed by atoms with Crippen LogP contribution in [0.4, 0.5) is 5.82 Å². The molecule has 1 aromatic carbocycles. The van der Waals surface area contributed by atoms with E-state index in [4.69, 9.17) is 33.9 Å². The minimum absolute atomic E-state index is 0.102. The fraction of sp³-hybridized carbons (Fsp3) is 0.304.